The minimum absolute atomic E-state index is 0.0418. The first-order chi connectivity index (χ1) is 7.15. The van der Waals surface area contributed by atoms with E-state index < -0.39 is 0 Å². The van der Waals surface area contributed by atoms with Crippen LogP contribution in [0.3, 0.4) is 0 Å². The Kier molecular flexibility index (Phi) is 2.79. The van der Waals surface area contributed by atoms with Gasteiger partial charge in [-0.3, -0.25) is 4.79 Å². The van der Waals surface area contributed by atoms with E-state index in [-0.39, 0.29) is 12.2 Å². The highest BCUT2D eigenvalue weighted by Crippen LogP contribution is 2.22. The lowest BCUT2D eigenvalue weighted by molar-refractivity contribution is 0.0994. The summed E-state index contributed by atoms with van der Waals surface area (Å²) in [6.07, 6.45) is 0.157. The number of hydrogen-bond donors (Lipinski definition) is 0. The fraction of sp³-hybridized carbons (Fsp3) is 0.250. The Morgan fingerprint density at radius 3 is 2.93 bits per heavy atom. The third-order valence-corrected chi connectivity index (χ3v) is 2.99. The van der Waals surface area contributed by atoms with Gasteiger partial charge < -0.3 is 0 Å². The summed E-state index contributed by atoms with van der Waals surface area (Å²) in [5.74, 6) is 0.381. The number of tetrazole rings is 1. The first kappa shape index (κ1) is 10.3. The largest absolute Gasteiger partial charge is 0.293 e. The van der Waals surface area contributed by atoms with E-state index in [1.54, 1.807) is 19.2 Å². The Labute approximate surface area is 94.7 Å². The second-order valence-corrected chi connectivity index (χ2v) is 4.61. The van der Waals surface area contributed by atoms with E-state index >= 15 is 0 Å². The molecule has 78 valence electrons. The number of rotatable bonds is 3. The van der Waals surface area contributed by atoms with Gasteiger partial charge in [0.05, 0.1) is 22.7 Å². The minimum atomic E-state index is -0.0418. The maximum Gasteiger partial charge on any atom is 0.182 e. The molecular formula is C8H7ClN4OS. The number of carbonyl (C=O) groups is 1. The molecule has 0 radical (unpaired) electrons. The van der Waals surface area contributed by atoms with E-state index in [0.717, 1.165) is 0 Å². The highest BCUT2D eigenvalue weighted by molar-refractivity contribution is 7.18. The standard InChI is InChI=1S/C8H7ClN4OS/c1-13-11-8(10-12-13)4-5(14)6-2-3-7(9)15-6/h2-3H,4H2,1H3. The highest BCUT2D eigenvalue weighted by atomic mass is 35.5. The number of ketones is 1. The van der Waals surface area contributed by atoms with Gasteiger partial charge in [-0.05, 0) is 17.3 Å². The average molecular weight is 243 g/mol. The minimum Gasteiger partial charge on any atom is -0.293 e. The zero-order valence-electron chi connectivity index (χ0n) is 7.85. The van der Waals surface area contributed by atoms with Crippen LogP contribution in [0.15, 0.2) is 12.1 Å². The van der Waals surface area contributed by atoms with Crippen LogP contribution in [0, 0.1) is 0 Å². The Bertz CT molecular complexity index is 492. The number of aromatic nitrogens is 4. The Balaban J connectivity index is 2.10. The van der Waals surface area contributed by atoms with Crippen LogP contribution in [0.1, 0.15) is 15.5 Å². The number of nitrogens with zero attached hydrogens (tertiary/aromatic N) is 4. The Morgan fingerprint density at radius 1 is 1.60 bits per heavy atom. The highest BCUT2D eigenvalue weighted by Gasteiger charge is 2.12. The molecule has 0 bridgehead atoms. The Morgan fingerprint density at radius 2 is 2.40 bits per heavy atom. The monoisotopic (exact) mass is 242 g/mol. The number of aryl methyl sites for hydroxylation is 1. The van der Waals surface area contributed by atoms with Crippen LogP contribution in [0.2, 0.25) is 4.34 Å². The predicted octanol–water partition coefficient (Wildman–Crippen LogP) is 1.35. The molecule has 5 nitrogen and oxygen atoms in total. The van der Waals surface area contributed by atoms with E-state index in [1.807, 2.05) is 0 Å². The summed E-state index contributed by atoms with van der Waals surface area (Å²) in [4.78, 5) is 13.6. The smallest absolute Gasteiger partial charge is 0.182 e. The molecule has 0 aliphatic heterocycles. The lowest BCUT2D eigenvalue weighted by Crippen LogP contribution is -2.03. The molecule has 2 heterocycles. The predicted molar refractivity (Wildman–Crippen MR) is 56.2 cm³/mol. The lowest BCUT2D eigenvalue weighted by Gasteiger charge is -1.91. The second-order valence-electron chi connectivity index (χ2n) is 2.90. The fourth-order valence-corrected chi connectivity index (χ4v) is 2.07. The summed E-state index contributed by atoms with van der Waals surface area (Å²) >= 11 is 6.99. The van der Waals surface area contributed by atoms with Crippen molar-refractivity contribution in [3.8, 4) is 0 Å². The van der Waals surface area contributed by atoms with Crippen LogP contribution >= 0.6 is 22.9 Å². The molecule has 15 heavy (non-hydrogen) atoms. The molecular weight excluding hydrogens is 236 g/mol. The molecule has 0 aliphatic rings. The molecule has 7 heteroatoms. The molecule has 0 N–H and O–H groups in total. The number of halogens is 1. The van der Waals surface area contributed by atoms with Gasteiger partial charge in [-0.2, -0.15) is 4.80 Å². The van der Waals surface area contributed by atoms with Gasteiger partial charge in [-0.15, -0.1) is 21.5 Å². The van der Waals surface area contributed by atoms with Gasteiger partial charge in [0.15, 0.2) is 11.6 Å². The van der Waals surface area contributed by atoms with Crippen molar-refractivity contribution in [3.63, 3.8) is 0 Å². The van der Waals surface area contributed by atoms with Crippen LogP contribution in [0.4, 0.5) is 0 Å². The number of carbonyl (C=O) groups excluding carboxylic acids is 1. The van der Waals surface area contributed by atoms with Crippen LogP contribution < -0.4 is 0 Å². The van der Waals surface area contributed by atoms with E-state index in [2.05, 4.69) is 15.4 Å². The molecule has 0 unspecified atom stereocenters. The quantitative estimate of drug-likeness (QED) is 0.763. The van der Waals surface area contributed by atoms with Gasteiger partial charge in [0.25, 0.3) is 0 Å². The number of thiophene rings is 1. The first-order valence-electron chi connectivity index (χ1n) is 4.16. The molecule has 0 atom stereocenters. The Hall–Kier alpha value is -1.27. The van der Waals surface area contributed by atoms with Crippen molar-refractivity contribution in [2.24, 2.45) is 7.05 Å². The molecule has 0 aromatic carbocycles. The molecule has 0 fully saturated rings. The summed E-state index contributed by atoms with van der Waals surface area (Å²) in [5.41, 5.74) is 0. The van der Waals surface area contributed by atoms with Gasteiger partial charge in [-0.1, -0.05) is 11.6 Å². The zero-order valence-corrected chi connectivity index (χ0v) is 9.42. The van der Waals surface area contributed by atoms with Gasteiger partial charge in [0.2, 0.25) is 0 Å². The van der Waals surface area contributed by atoms with Crippen molar-refractivity contribution >= 4 is 28.7 Å². The molecule has 0 saturated heterocycles. The van der Waals surface area contributed by atoms with E-state index in [0.29, 0.717) is 15.0 Å². The SMILES string of the molecule is Cn1nnc(CC(=O)c2ccc(Cl)s2)n1. The van der Waals surface area contributed by atoms with Crippen molar-refractivity contribution in [1.82, 2.24) is 20.2 Å². The van der Waals surface area contributed by atoms with E-state index in [4.69, 9.17) is 11.6 Å². The van der Waals surface area contributed by atoms with Crippen molar-refractivity contribution in [2.75, 3.05) is 0 Å². The van der Waals surface area contributed by atoms with Gasteiger partial charge in [0, 0.05) is 0 Å². The first-order valence-corrected chi connectivity index (χ1v) is 5.36. The molecule has 2 rings (SSSR count). The summed E-state index contributed by atoms with van der Waals surface area (Å²) in [6.45, 7) is 0. The molecule has 0 amide bonds. The second kappa shape index (κ2) is 4.08. The third-order valence-electron chi connectivity index (χ3n) is 1.72. The summed E-state index contributed by atoms with van der Waals surface area (Å²) in [7, 11) is 1.66. The average Bonchev–Trinajstić information content (AvgIpc) is 2.75. The van der Waals surface area contributed by atoms with Crippen LogP contribution in [-0.4, -0.2) is 26.0 Å². The molecule has 2 aromatic heterocycles. The zero-order chi connectivity index (χ0) is 10.8. The van der Waals surface area contributed by atoms with Crippen molar-refractivity contribution in [3.05, 3.63) is 27.2 Å². The van der Waals surface area contributed by atoms with Gasteiger partial charge in [0.1, 0.15) is 0 Å². The fourth-order valence-electron chi connectivity index (χ4n) is 1.09. The van der Waals surface area contributed by atoms with Crippen molar-refractivity contribution < 1.29 is 4.79 Å². The van der Waals surface area contributed by atoms with E-state index in [1.165, 1.54) is 16.1 Å². The molecule has 2 aromatic rings. The summed E-state index contributed by atoms with van der Waals surface area (Å²) in [6, 6.07) is 3.40. The molecule has 0 aliphatic carbocycles. The maximum atomic E-state index is 11.7. The number of Topliss-reactive ketones (excluding diaryl/α,β-unsaturated/α-hetero) is 1. The van der Waals surface area contributed by atoms with Crippen LogP contribution in [0.5, 0.6) is 0 Å². The normalized spacial score (nSPS) is 10.5. The molecule has 0 spiro atoms. The molecule has 0 saturated carbocycles. The van der Waals surface area contributed by atoms with Gasteiger partial charge in [-0.25, -0.2) is 0 Å². The summed E-state index contributed by atoms with van der Waals surface area (Å²) < 4.78 is 0.602. The maximum absolute atomic E-state index is 11.7. The van der Waals surface area contributed by atoms with Crippen molar-refractivity contribution in [2.45, 2.75) is 6.42 Å². The van der Waals surface area contributed by atoms with Crippen LogP contribution in [0.25, 0.3) is 0 Å². The van der Waals surface area contributed by atoms with Crippen molar-refractivity contribution in [1.29, 1.82) is 0 Å². The topological polar surface area (TPSA) is 60.7 Å². The summed E-state index contributed by atoms with van der Waals surface area (Å²) in [5, 5.41) is 11.3. The number of hydrogen-bond acceptors (Lipinski definition) is 5. The van der Waals surface area contributed by atoms with E-state index in [9.17, 15) is 4.79 Å². The van der Waals surface area contributed by atoms with Gasteiger partial charge >= 0.3 is 0 Å². The third kappa shape index (κ3) is 2.40. The lowest BCUT2D eigenvalue weighted by atomic mass is 10.2. The van der Waals surface area contributed by atoms with Crippen LogP contribution in [-0.2, 0) is 13.5 Å².